The monoisotopic (exact) mass is 302 g/mol. The zero-order valence-corrected chi connectivity index (χ0v) is 11.8. The van der Waals surface area contributed by atoms with Gasteiger partial charge in [0.2, 0.25) is 0 Å². The number of piperazine rings is 1. The lowest BCUT2D eigenvalue weighted by Gasteiger charge is -2.36. The van der Waals surface area contributed by atoms with Crippen molar-refractivity contribution in [1.82, 2.24) is 14.9 Å². The summed E-state index contributed by atoms with van der Waals surface area (Å²) in [5.74, 6) is -0.544. The van der Waals surface area contributed by atoms with Crippen LogP contribution in [0.15, 0.2) is 41.5 Å². The number of anilines is 1. The van der Waals surface area contributed by atoms with Gasteiger partial charge in [-0.05, 0) is 12.1 Å². The molecule has 22 heavy (non-hydrogen) atoms. The van der Waals surface area contributed by atoms with Crippen LogP contribution < -0.4 is 10.5 Å². The SMILES string of the molecule is O=C(c1cc(=O)[nH]cn1)N1CCN(c2ccccc2F)CC1. The van der Waals surface area contributed by atoms with Crippen molar-refractivity contribution in [1.29, 1.82) is 0 Å². The van der Waals surface area contributed by atoms with E-state index in [2.05, 4.69) is 9.97 Å². The molecule has 1 N–H and O–H groups in total. The van der Waals surface area contributed by atoms with E-state index < -0.39 is 0 Å². The van der Waals surface area contributed by atoms with Gasteiger partial charge in [0.15, 0.2) is 0 Å². The standard InChI is InChI=1S/C15H15FN4O2/c16-11-3-1-2-4-13(11)19-5-7-20(8-6-19)15(22)12-9-14(21)18-10-17-12/h1-4,9-10H,5-8H2,(H,17,18,21). The highest BCUT2D eigenvalue weighted by Gasteiger charge is 2.24. The number of carbonyl (C=O) groups is 1. The number of para-hydroxylation sites is 1. The van der Waals surface area contributed by atoms with Crippen LogP contribution in [0, 0.1) is 5.82 Å². The van der Waals surface area contributed by atoms with Crippen LogP contribution >= 0.6 is 0 Å². The Labute approximate surface area is 126 Å². The van der Waals surface area contributed by atoms with Crippen molar-refractivity contribution in [3.8, 4) is 0 Å². The molecular weight excluding hydrogens is 287 g/mol. The minimum absolute atomic E-state index is 0.128. The second-order valence-corrected chi connectivity index (χ2v) is 5.03. The smallest absolute Gasteiger partial charge is 0.272 e. The number of nitrogens with one attached hydrogen (secondary N) is 1. The first-order valence-corrected chi connectivity index (χ1v) is 6.98. The number of amides is 1. The average molecular weight is 302 g/mol. The van der Waals surface area contributed by atoms with Crippen LogP contribution in [-0.2, 0) is 0 Å². The van der Waals surface area contributed by atoms with E-state index in [1.54, 1.807) is 23.1 Å². The van der Waals surface area contributed by atoms with E-state index in [0.717, 1.165) is 0 Å². The van der Waals surface area contributed by atoms with Gasteiger partial charge in [-0.25, -0.2) is 9.37 Å². The second kappa shape index (κ2) is 5.97. The maximum absolute atomic E-state index is 13.8. The Morgan fingerprint density at radius 3 is 2.59 bits per heavy atom. The van der Waals surface area contributed by atoms with Gasteiger partial charge in [0.25, 0.3) is 11.5 Å². The molecule has 1 aliphatic rings. The van der Waals surface area contributed by atoms with Crippen molar-refractivity contribution >= 4 is 11.6 Å². The number of carbonyl (C=O) groups excluding carboxylic acids is 1. The van der Waals surface area contributed by atoms with Gasteiger partial charge in [0.05, 0.1) is 12.0 Å². The van der Waals surface area contributed by atoms with Crippen molar-refractivity contribution < 1.29 is 9.18 Å². The number of aromatic amines is 1. The van der Waals surface area contributed by atoms with Gasteiger partial charge >= 0.3 is 0 Å². The lowest BCUT2D eigenvalue weighted by atomic mass is 10.2. The number of halogens is 1. The minimum atomic E-state index is -0.358. The molecular formula is C15H15FN4O2. The molecule has 2 aromatic rings. The first kappa shape index (κ1) is 14.2. The molecule has 1 saturated heterocycles. The summed E-state index contributed by atoms with van der Waals surface area (Å²) in [6.07, 6.45) is 1.21. The van der Waals surface area contributed by atoms with Crippen LogP contribution in [0.1, 0.15) is 10.5 Å². The maximum atomic E-state index is 13.8. The molecule has 6 nitrogen and oxygen atoms in total. The Bertz CT molecular complexity index is 738. The number of hydrogen-bond donors (Lipinski definition) is 1. The van der Waals surface area contributed by atoms with Crippen LogP contribution in [0.25, 0.3) is 0 Å². The fourth-order valence-corrected chi connectivity index (χ4v) is 2.51. The molecule has 0 saturated carbocycles. The van der Waals surface area contributed by atoms with Crippen molar-refractivity contribution in [2.24, 2.45) is 0 Å². The summed E-state index contributed by atoms with van der Waals surface area (Å²) in [6, 6.07) is 7.77. The van der Waals surface area contributed by atoms with E-state index in [1.165, 1.54) is 18.5 Å². The Morgan fingerprint density at radius 2 is 1.91 bits per heavy atom. The normalized spacial score (nSPS) is 15.0. The maximum Gasteiger partial charge on any atom is 0.272 e. The van der Waals surface area contributed by atoms with Gasteiger partial charge in [-0.3, -0.25) is 9.59 Å². The third kappa shape index (κ3) is 2.83. The molecule has 1 aliphatic heterocycles. The Hall–Kier alpha value is -2.70. The number of aromatic nitrogens is 2. The Kier molecular flexibility index (Phi) is 3.86. The molecule has 0 unspecified atom stereocenters. The molecule has 114 valence electrons. The molecule has 0 radical (unpaired) electrons. The minimum Gasteiger partial charge on any atom is -0.366 e. The van der Waals surface area contributed by atoms with E-state index in [1.807, 2.05) is 4.90 Å². The zero-order chi connectivity index (χ0) is 15.5. The van der Waals surface area contributed by atoms with Gasteiger partial charge in [-0.2, -0.15) is 0 Å². The largest absolute Gasteiger partial charge is 0.366 e. The summed E-state index contributed by atoms with van der Waals surface area (Å²) in [6.45, 7) is 2.00. The first-order valence-electron chi connectivity index (χ1n) is 6.98. The fraction of sp³-hybridized carbons (Fsp3) is 0.267. The van der Waals surface area contributed by atoms with Gasteiger partial charge in [0.1, 0.15) is 11.5 Å². The van der Waals surface area contributed by atoms with Crippen LogP contribution in [0.2, 0.25) is 0 Å². The number of hydrogen-bond acceptors (Lipinski definition) is 4. The third-order valence-corrected chi connectivity index (χ3v) is 3.66. The molecule has 2 heterocycles. The fourth-order valence-electron chi connectivity index (χ4n) is 2.51. The first-order chi connectivity index (χ1) is 10.6. The van der Waals surface area contributed by atoms with E-state index in [4.69, 9.17) is 0 Å². The molecule has 1 aromatic carbocycles. The van der Waals surface area contributed by atoms with Crippen LogP contribution in [0.4, 0.5) is 10.1 Å². The average Bonchev–Trinajstić information content (AvgIpc) is 2.55. The highest BCUT2D eigenvalue weighted by atomic mass is 19.1. The van der Waals surface area contributed by atoms with Crippen molar-refractivity contribution in [3.63, 3.8) is 0 Å². The predicted octanol–water partition coefficient (Wildman–Crippen LogP) is 0.871. The second-order valence-electron chi connectivity index (χ2n) is 5.03. The molecule has 0 atom stereocenters. The molecule has 1 amide bonds. The van der Waals surface area contributed by atoms with Crippen LogP contribution in [0.3, 0.4) is 0 Å². The van der Waals surface area contributed by atoms with E-state index in [-0.39, 0.29) is 23.0 Å². The molecule has 1 aromatic heterocycles. The molecule has 1 fully saturated rings. The Balaban J connectivity index is 1.68. The van der Waals surface area contributed by atoms with Crippen molar-refractivity contribution in [3.05, 3.63) is 58.5 Å². The van der Waals surface area contributed by atoms with E-state index >= 15 is 0 Å². The number of H-pyrrole nitrogens is 1. The summed E-state index contributed by atoms with van der Waals surface area (Å²) >= 11 is 0. The van der Waals surface area contributed by atoms with Crippen molar-refractivity contribution in [2.75, 3.05) is 31.1 Å². The molecule has 7 heteroatoms. The zero-order valence-electron chi connectivity index (χ0n) is 11.8. The third-order valence-electron chi connectivity index (χ3n) is 3.66. The van der Waals surface area contributed by atoms with Crippen LogP contribution in [0.5, 0.6) is 0 Å². The molecule has 0 aliphatic carbocycles. The summed E-state index contributed by atoms with van der Waals surface area (Å²) < 4.78 is 13.8. The highest BCUT2D eigenvalue weighted by molar-refractivity contribution is 5.92. The molecule has 0 spiro atoms. The lowest BCUT2D eigenvalue weighted by Crippen LogP contribution is -2.49. The lowest BCUT2D eigenvalue weighted by molar-refractivity contribution is 0.0740. The number of rotatable bonds is 2. The summed E-state index contributed by atoms with van der Waals surface area (Å²) in [5.41, 5.74) is 0.315. The van der Waals surface area contributed by atoms with Gasteiger partial charge in [-0.1, -0.05) is 12.1 Å². The number of benzene rings is 1. The summed E-state index contributed by atoms with van der Waals surface area (Å²) in [5, 5.41) is 0. The van der Waals surface area contributed by atoms with Gasteiger partial charge < -0.3 is 14.8 Å². The van der Waals surface area contributed by atoms with Crippen molar-refractivity contribution in [2.45, 2.75) is 0 Å². The number of nitrogens with zero attached hydrogens (tertiary/aromatic N) is 3. The predicted molar refractivity (Wildman–Crippen MR) is 79.4 cm³/mol. The van der Waals surface area contributed by atoms with Gasteiger partial charge in [-0.15, -0.1) is 0 Å². The molecule has 3 rings (SSSR count). The van der Waals surface area contributed by atoms with Crippen LogP contribution in [-0.4, -0.2) is 47.0 Å². The summed E-state index contributed by atoms with van der Waals surface area (Å²) in [7, 11) is 0. The topological polar surface area (TPSA) is 69.3 Å². The van der Waals surface area contributed by atoms with Gasteiger partial charge in [0, 0.05) is 32.2 Å². The summed E-state index contributed by atoms with van der Waals surface area (Å²) in [4.78, 5) is 33.3. The van der Waals surface area contributed by atoms with E-state index in [9.17, 15) is 14.0 Å². The highest BCUT2D eigenvalue weighted by Crippen LogP contribution is 2.20. The molecule has 0 bridgehead atoms. The van der Waals surface area contributed by atoms with E-state index in [0.29, 0.717) is 31.9 Å². The Morgan fingerprint density at radius 1 is 1.18 bits per heavy atom. The quantitative estimate of drug-likeness (QED) is 0.894.